The van der Waals surface area contributed by atoms with Gasteiger partial charge in [-0.15, -0.1) is 11.3 Å². The summed E-state index contributed by atoms with van der Waals surface area (Å²) in [6.07, 6.45) is 7.97. The van der Waals surface area contributed by atoms with Gasteiger partial charge in [-0.25, -0.2) is 0 Å². The molecule has 0 radical (unpaired) electrons. The summed E-state index contributed by atoms with van der Waals surface area (Å²) >= 11 is 1.78. The second-order valence-corrected chi connectivity index (χ2v) is 9.08. The van der Waals surface area contributed by atoms with E-state index < -0.39 is 0 Å². The van der Waals surface area contributed by atoms with Crippen molar-refractivity contribution in [1.82, 2.24) is 10.2 Å². The molecule has 1 unspecified atom stereocenters. The van der Waals surface area contributed by atoms with Gasteiger partial charge in [-0.1, -0.05) is 55.7 Å². The maximum Gasteiger partial charge on any atom is 0.0933 e. The van der Waals surface area contributed by atoms with Crippen LogP contribution in [0, 0.1) is 0 Å². The van der Waals surface area contributed by atoms with Crippen molar-refractivity contribution in [2.75, 3.05) is 51.2 Å². The Kier molecular flexibility index (Phi) is 10.2. The fourth-order valence-corrected chi connectivity index (χ4v) is 4.90. The molecular weight excluding hydrogens is 414 g/mol. The SMILES string of the molecule is C=C/C=C(\C=C)CCN1CCN(c2ccccc2COC(CCNC)c2cccs2)CC1.[HH]. The van der Waals surface area contributed by atoms with Gasteiger partial charge >= 0.3 is 0 Å². The molecule has 1 aromatic heterocycles. The first-order valence-electron chi connectivity index (χ1n) is 11.5. The van der Waals surface area contributed by atoms with Crippen molar-refractivity contribution in [2.45, 2.75) is 25.6 Å². The maximum atomic E-state index is 6.44. The fourth-order valence-electron chi connectivity index (χ4n) is 4.09. The minimum absolute atomic E-state index is 0. The van der Waals surface area contributed by atoms with Crippen molar-refractivity contribution in [3.8, 4) is 0 Å². The molecule has 1 saturated heterocycles. The number of ether oxygens (including phenoxy) is 1. The number of benzene rings is 1. The van der Waals surface area contributed by atoms with Crippen molar-refractivity contribution in [3.63, 3.8) is 0 Å². The standard InChI is InChI=1S/C27H37N3OS.H2/c1-4-9-23(5-2)14-16-29-17-19-30(20-18-29)25-11-7-6-10-24(25)22-31-26(13-15-28-3)27-12-8-21-32-27;/h4-12,21,26,28H,1-2,13-20,22H2,3H3;1H/b23-9+;. The number of piperazine rings is 1. The van der Waals surface area contributed by atoms with E-state index in [-0.39, 0.29) is 7.53 Å². The molecule has 4 nitrogen and oxygen atoms in total. The van der Waals surface area contributed by atoms with Crippen molar-refractivity contribution < 1.29 is 6.16 Å². The minimum Gasteiger partial charge on any atom is -0.369 e. The number of nitrogens with zero attached hydrogens (tertiary/aromatic N) is 2. The highest BCUT2D eigenvalue weighted by Gasteiger charge is 2.20. The first-order valence-corrected chi connectivity index (χ1v) is 12.4. The Morgan fingerprint density at radius 2 is 2.00 bits per heavy atom. The zero-order valence-electron chi connectivity index (χ0n) is 19.3. The summed E-state index contributed by atoms with van der Waals surface area (Å²) in [5.74, 6) is 0. The van der Waals surface area contributed by atoms with E-state index in [1.165, 1.54) is 21.7 Å². The van der Waals surface area contributed by atoms with Crippen LogP contribution in [0.15, 0.2) is 78.7 Å². The molecule has 2 aromatic rings. The lowest BCUT2D eigenvalue weighted by molar-refractivity contribution is 0.0369. The van der Waals surface area contributed by atoms with Crippen LogP contribution in [0.4, 0.5) is 5.69 Å². The summed E-state index contributed by atoms with van der Waals surface area (Å²) in [5.41, 5.74) is 3.84. The van der Waals surface area contributed by atoms with Crippen LogP contribution in [0.25, 0.3) is 0 Å². The normalized spacial score (nSPS) is 16.2. The number of anilines is 1. The van der Waals surface area contributed by atoms with Crippen molar-refractivity contribution in [1.29, 1.82) is 0 Å². The van der Waals surface area contributed by atoms with Crippen LogP contribution in [0.3, 0.4) is 0 Å². The molecule has 5 heteroatoms. The zero-order chi connectivity index (χ0) is 22.6. The Morgan fingerprint density at radius 3 is 2.69 bits per heavy atom. The molecule has 1 aliphatic rings. The molecule has 2 heterocycles. The van der Waals surface area contributed by atoms with Gasteiger partial charge in [0.05, 0.1) is 12.7 Å². The molecule has 3 rings (SSSR count). The molecule has 1 fully saturated rings. The van der Waals surface area contributed by atoms with Gasteiger partial charge in [0, 0.05) is 50.3 Å². The first kappa shape index (κ1) is 24.5. The van der Waals surface area contributed by atoms with Crippen LogP contribution >= 0.6 is 11.3 Å². The molecule has 0 bridgehead atoms. The Hall–Kier alpha value is -2.18. The summed E-state index contributed by atoms with van der Waals surface area (Å²) in [4.78, 5) is 6.35. The van der Waals surface area contributed by atoms with Crippen LogP contribution in [-0.2, 0) is 11.3 Å². The number of allylic oxidation sites excluding steroid dienone is 3. The van der Waals surface area contributed by atoms with E-state index in [9.17, 15) is 0 Å². The molecular formula is C27H39N3OS. The lowest BCUT2D eigenvalue weighted by atomic mass is 10.1. The van der Waals surface area contributed by atoms with Gasteiger partial charge in [-0.05, 0) is 49.5 Å². The summed E-state index contributed by atoms with van der Waals surface area (Å²) in [7, 11) is 1.99. The molecule has 0 amide bonds. The van der Waals surface area contributed by atoms with E-state index >= 15 is 0 Å². The number of rotatable bonds is 13. The number of thiophene rings is 1. The minimum atomic E-state index is 0. The zero-order valence-corrected chi connectivity index (χ0v) is 20.2. The van der Waals surface area contributed by atoms with Crippen LogP contribution in [-0.4, -0.2) is 51.2 Å². The van der Waals surface area contributed by atoms with Gasteiger partial charge in [0.2, 0.25) is 0 Å². The van der Waals surface area contributed by atoms with Gasteiger partial charge in [0.15, 0.2) is 0 Å². The Balaban J connectivity index is 0.00000385. The fraction of sp³-hybridized carbons (Fsp3) is 0.407. The quantitative estimate of drug-likeness (QED) is 0.395. The van der Waals surface area contributed by atoms with Gasteiger partial charge in [0.25, 0.3) is 0 Å². The highest BCUT2D eigenvalue weighted by molar-refractivity contribution is 7.10. The van der Waals surface area contributed by atoms with Gasteiger partial charge < -0.3 is 15.0 Å². The van der Waals surface area contributed by atoms with Gasteiger partial charge in [0.1, 0.15) is 0 Å². The summed E-state index contributed by atoms with van der Waals surface area (Å²) in [6.45, 7) is 14.6. The van der Waals surface area contributed by atoms with E-state index in [4.69, 9.17) is 4.74 Å². The van der Waals surface area contributed by atoms with E-state index in [0.717, 1.165) is 52.1 Å². The molecule has 1 aliphatic heterocycles. The van der Waals surface area contributed by atoms with E-state index in [1.807, 2.05) is 19.2 Å². The third-order valence-electron chi connectivity index (χ3n) is 5.97. The Morgan fingerprint density at radius 1 is 1.19 bits per heavy atom. The molecule has 0 aliphatic carbocycles. The van der Waals surface area contributed by atoms with Gasteiger partial charge in [-0.3, -0.25) is 4.90 Å². The summed E-state index contributed by atoms with van der Waals surface area (Å²) in [5, 5.41) is 5.38. The number of hydrogen-bond donors (Lipinski definition) is 1. The van der Waals surface area contributed by atoms with Crippen LogP contribution < -0.4 is 10.2 Å². The lowest BCUT2D eigenvalue weighted by Crippen LogP contribution is -2.47. The van der Waals surface area contributed by atoms with Crippen LogP contribution in [0.1, 0.15) is 30.8 Å². The molecule has 0 spiro atoms. The molecule has 1 N–H and O–H groups in total. The molecule has 174 valence electrons. The third kappa shape index (κ3) is 7.17. The molecule has 0 saturated carbocycles. The molecule has 1 aromatic carbocycles. The Bertz CT molecular complexity index is 860. The van der Waals surface area contributed by atoms with Crippen LogP contribution in [0.2, 0.25) is 0 Å². The van der Waals surface area contributed by atoms with E-state index in [0.29, 0.717) is 6.61 Å². The maximum absolute atomic E-state index is 6.44. The summed E-state index contributed by atoms with van der Waals surface area (Å²) < 4.78 is 6.44. The summed E-state index contributed by atoms with van der Waals surface area (Å²) in [6, 6.07) is 13.0. The monoisotopic (exact) mass is 453 g/mol. The largest absolute Gasteiger partial charge is 0.369 e. The second kappa shape index (κ2) is 13.4. The topological polar surface area (TPSA) is 27.7 Å². The highest BCUT2D eigenvalue weighted by Crippen LogP contribution is 2.29. The van der Waals surface area contributed by atoms with Gasteiger partial charge in [-0.2, -0.15) is 0 Å². The lowest BCUT2D eigenvalue weighted by Gasteiger charge is -2.37. The van der Waals surface area contributed by atoms with E-state index in [2.05, 4.69) is 76.1 Å². The van der Waals surface area contributed by atoms with E-state index in [1.54, 1.807) is 11.3 Å². The van der Waals surface area contributed by atoms with Crippen LogP contribution in [0.5, 0.6) is 0 Å². The van der Waals surface area contributed by atoms with Crippen molar-refractivity contribution in [2.24, 2.45) is 0 Å². The average molecular weight is 454 g/mol. The smallest absolute Gasteiger partial charge is 0.0933 e. The van der Waals surface area contributed by atoms with Crippen molar-refractivity contribution in [3.05, 3.63) is 89.2 Å². The Labute approximate surface area is 199 Å². The number of hydrogen-bond acceptors (Lipinski definition) is 5. The third-order valence-corrected chi connectivity index (χ3v) is 6.94. The van der Waals surface area contributed by atoms with Crippen molar-refractivity contribution >= 4 is 17.0 Å². The number of para-hydroxylation sites is 1. The first-order chi connectivity index (χ1) is 15.7. The average Bonchev–Trinajstić information content (AvgIpc) is 3.37. The predicted molar refractivity (Wildman–Crippen MR) is 141 cm³/mol. The highest BCUT2D eigenvalue weighted by atomic mass is 32.1. The molecule has 1 atom stereocenters. The molecule has 32 heavy (non-hydrogen) atoms. The number of nitrogens with one attached hydrogen (secondary N) is 1. The predicted octanol–water partition coefficient (Wildman–Crippen LogP) is 5.67. The second-order valence-electron chi connectivity index (χ2n) is 8.10.